The Balaban J connectivity index is 1.66. The largest absolute Gasteiger partial charge is 0.493 e. The lowest BCUT2D eigenvalue weighted by molar-refractivity contribution is -0.123. The molecule has 9 heteroatoms. The molecular weight excluding hydrogens is 504 g/mol. The number of amides is 1. The number of para-hydroxylation sites is 1. The van der Waals surface area contributed by atoms with Crippen molar-refractivity contribution in [1.82, 2.24) is 5.43 Å². The molecule has 3 aromatic carbocycles. The van der Waals surface area contributed by atoms with Crippen molar-refractivity contribution in [2.45, 2.75) is 6.92 Å². The Kier molecular flexibility index (Phi) is 8.64. The van der Waals surface area contributed by atoms with Crippen molar-refractivity contribution in [2.75, 3.05) is 20.8 Å². The van der Waals surface area contributed by atoms with Crippen molar-refractivity contribution < 1.29 is 28.5 Å². The van der Waals surface area contributed by atoms with Crippen molar-refractivity contribution in [1.29, 1.82) is 0 Å². The van der Waals surface area contributed by atoms with E-state index in [-0.39, 0.29) is 17.9 Å². The Bertz CT molecular complexity index is 1210. The minimum absolute atomic E-state index is 0.193. The van der Waals surface area contributed by atoms with Crippen LogP contribution in [0.3, 0.4) is 0 Å². The van der Waals surface area contributed by atoms with Gasteiger partial charge in [0.05, 0.1) is 26.0 Å². The maximum Gasteiger partial charge on any atom is 0.343 e. The third-order valence-electron chi connectivity index (χ3n) is 4.64. The highest BCUT2D eigenvalue weighted by Gasteiger charge is 2.15. The second-order valence-electron chi connectivity index (χ2n) is 6.99. The summed E-state index contributed by atoms with van der Waals surface area (Å²) in [4.78, 5) is 24.8. The number of halogens is 1. The van der Waals surface area contributed by atoms with Gasteiger partial charge in [0.15, 0.2) is 18.1 Å². The first kappa shape index (κ1) is 24.8. The summed E-state index contributed by atoms with van der Waals surface area (Å²) >= 11 is 3.38. The average molecular weight is 527 g/mol. The normalized spacial score (nSPS) is 10.6. The third-order valence-corrected chi connectivity index (χ3v) is 5.13. The maximum absolute atomic E-state index is 12.7. The Labute approximate surface area is 205 Å². The van der Waals surface area contributed by atoms with E-state index in [1.807, 2.05) is 25.1 Å². The summed E-state index contributed by atoms with van der Waals surface area (Å²) in [5.41, 5.74) is 4.08. The van der Waals surface area contributed by atoms with Gasteiger partial charge in [0.2, 0.25) is 0 Å². The zero-order chi connectivity index (χ0) is 24.5. The van der Waals surface area contributed by atoms with Gasteiger partial charge in [-0.25, -0.2) is 10.2 Å². The molecule has 0 atom stereocenters. The first-order valence-electron chi connectivity index (χ1n) is 10.2. The van der Waals surface area contributed by atoms with Crippen LogP contribution < -0.4 is 24.4 Å². The summed E-state index contributed by atoms with van der Waals surface area (Å²) in [6.07, 6.45) is 1.38. The Hall–Kier alpha value is -3.85. The van der Waals surface area contributed by atoms with E-state index < -0.39 is 11.9 Å². The number of esters is 1. The van der Waals surface area contributed by atoms with Gasteiger partial charge in [0, 0.05) is 10.0 Å². The molecule has 0 spiro atoms. The molecule has 0 fully saturated rings. The number of aryl methyl sites for hydroxylation is 1. The molecule has 1 amide bonds. The van der Waals surface area contributed by atoms with Gasteiger partial charge in [-0.2, -0.15) is 5.10 Å². The molecule has 0 aromatic heterocycles. The zero-order valence-corrected chi connectivity index (χ0v) is 20.4. The van der Waals surface area contributed by atoms with E-state index in [0.29, 0.717) is 22.8 Å². The molecule has 176 valence electrons. The molecule has 0 unspecified atom stereocenters. The minimum atomic E-state index is -0.589. The predicted molar refractivity (Wildman–Crippen MR) is 131 cm³/mol. The van der Waals surface area contributed by atoms with Gasteiger partial charge in [-0.05, 0) is 55.0 Å². The molecule has 34 heavy (non-hydrogen) atoms. The summed E-state index contributed by atoms with van der Waals surface area (Å²) < 4.78 is 22.2. The number of nitrogens with one attached hydrogen (secondary N) is 1. The molecular formula is C25H23BrN2O6. The van der Waals surface area contributed by atoms with Crippen LogP contribution in [-0.2, 0) is 4.79 Å². The molecule has 0 aliphatic rings. The molecule has 0 heterocycles. The molecule has 8 nitrogen and oxygen atoms in total. The van der Waals surface area contributed by atoms with Crippen LogP contribution in [0.5, 0.6) is 23.0 Å². The number of hydrogen-bond acceptors (Lipinski definition) is 7. The number of hydrazone groups is 1. The summed E-state index contributed by atoms with van der Waals surface area (Å²) in [5.74, 6) is 0.768. The van der Waals surface area contributed by atoms with Crippen molar-refractivity contribution in [3.8, 4) is 23.0 Å². The van der Waals surface area contributed by atoms with Gasteiger partial charge in [-0.15, -0.1) is 0 Å². The highest BCUT2D eigenvalue weighted by Crippen LogP contribution is 2.29. The number of nitrogens with zero attached hydrogens (tertiary/aromatic N) is 1. The van der Waals surface area contributed by atoms with Gasteiger partial charge in [0.25, 0.3) is 5.91 Å². The van der Waals surface area contributed by atoms with Gasteiger partial charge >= 0.3 is 5.97 Å². The van der Waals surface area contributed by atoms with E-state index >= 15 is 0 Å². The zero-order valence-electron chi connectivity index (χ0n) is 18.8. The number of hydrogen-bond donors (Lipinski definition) is 1. The topological polar surface area (TPSA) is 95.5 Å². The van der Waals surface area contributed by atoms with Crippen molar-refractivity contribution in [3.63, 3.8) is 0 Å². The third kappa shape index (κ3) is 6.58. The molecule has 3 rings (SSSR count). The van der Waals surface area contributed by atoms with Crippen LogP contribution in [-0.4, -0.2) is 38.9 Å². The first-order valence-corrected chi connectivity index (χ1v) is 10.9. The van der Waals surface area contributed by atoms with Crippen molar-refractivity contribution in [2.24, 2.45) is 5.10 Å². The van der Waals surface area contributed by atoms with Gasteiger partial charge in [-0.3, -0.25) is 4.79 Å². The van der Waals surface area contributed by atoms with Crippen LogP contribution in [0.2, 0.25) is 0 Å². The lowest BCUT2D eigenvalue weighted by Gasteiger charge is -2.11. The van der Waals surface area contributed by atoms with Crippen molar-refractivity contribution in [3.05, 3.63) is 81.8 Å². The van der Waals surface area contributed by atoms with E-state index in [2.05, 4.69) is 26.5 Å². The van der Waals surface area contributed by atoms with Gasteiger partial charge in [0.1, 0.15) is 11.5 Å². The SMILES string of the molecule is COc1ccc(C(=O)Oc2ccc(Br)cc2C=NNC(=O)COc2ccccc2C)cc1OC. The van der Waals surface area contributed by atoms with E-state index in [9.17, 15) is 9.59 Å². The molecule has 0 saturated carbocycles. The minimum Gasteiger partial charge on any atom is -0.493 e. The predicted octanol–water partition coefficient (Wildman–Crippen LogP) is 4.52. The van der Waals surface area contributed by atoms with E-state index in [0.717, 1.165) is 10.0 Å². The van der Waals surface area contributed by atoms with Crippen LogP contribution in [0.4, 0.5) is 0 Å². The monoisotopic (exact) mass is 526 g/mol. The maximum atomic E-state index is 12.7. The van der Waals surface area contributed by atoms with E-state index in [1.165, 1.54) is 26.5 Å². The van der Waals surface area contributed by atoms with Crippen LogP contribution in [0.25, 0.3) is 0 Å². The standard InChI is InChI=1S/C25H23BrN2O6/c1-16-6-4-5-7-20(16)33-15-24(29)28-27-14-18-12-19(26)9-11-21(18)34-25(30)17-8-10-22(31-2)23(13-17)32-3/h4-14H,15H2,1-3H3,(H,28,29). The number of benzene rings is 3. The molecule has 0 saturated heterocycles. The lowest BCUT2D eigenvalue weighted by Crippen LogP contribution is -2.24. The Morgan fingerprint density at radius 1 is 0.941 bits per heavy atom. The molecule has 0 radical (unpaired) electrons. The number of methoxy groups -OCH3 is 2. The lowest BCUT2D eigenvalue weighted by atomic mass is 10.2. The van der Waals surface area contributed by atoms with Gasteiger partial charge < -0.3 is 18.9 Å². The first-order chi connectivity index (χ1) is 16.4. The fourth-order valence-electron chi connectivity index (χ4n) is 2.90. The molecule has 1 N–H and O–H groups in total. The smallest absolute Gasteiger partial charge is 0.343 e. The Morgan fingerprint density at radius 3 is 2.41 bits per heavy atom. The second kappa shape index (κ2) is 11.9. The van der Waals surface area contributed by atoms with Gasteiger partial charge in [-0.1, -0.05) is 34.1 Å². The number of carbonyl (C=O) groups excluding carboxylic acids is 2. The molecule has 3 aromatic rings. The van der Waals surface area contributed by atoms with E-state index in [1.54, 1.807) is 36.4 Å². The quantitative estimate of drug-likeness (QED) is 0.190. The highest BCUT2D eigenvalue weighted by molar-refractivity contribution is 9.10. The summed E-state index contributed by atoms with van der Waals surface area (Å²) in [7, 11) is 2.99. The number of ether oxygens (including phenoxy) is 4. The van der Waals surface area contributed by atoms with Crippen LogP contribution in [0.15, 0.2) is 70.2 Å². The highest BCUT2D eigenvalue weighted by atomic mass is 79.9. The Morgan fingerprint density at radius 2 is 1.68 bits per heavy atom. The molecule has 0 aliphatic carbocycles. The average Bonchev–Trinajstić information content (AvgIpc) is 2.84. The van der Waals surface area contributed by atoms with Crippen molar-refractivity contribution >= 4 is 34.0 Å². The summed E-state index contributed by atoms with van der Waals surface area (Å²) in [5, 5.41) is 3.95. The molecule has 0 aliphatic heterocycles. The van der Waals surface area contributed by atoms with Crippen LogP contribution >= 0.6 is 15.9 Å². The second-order valence-corrected chi connectivity index (χ2v) is 7.90. The summed E-state index contributed by atoms with van der Waals surface area (Å²) in [6, 6.07) is 17.2. The van der Waals surface area contributed by atoms with Crippen LogP contribution in [0.1, 0.15) is 21.5 Å². The fourth-order valence-corrected chi connectivity index (χ4v) is 3.28. The van der Waals surface area contributed by atoms with E-state index in [4.69, 9.17) is 18.9 Å². The molecule has 0 bridgehead atoms. The number of carbonyl (C=O) groups is 2. The number of rotatable bonds is 9. The fraction of sp³-hybridized carbons (Fsp3) is 0.160. The summed E-state index contributed by atoms with van der Waals surface area (Å²) in [6.45, 7) is 1.70. The van der Waals surface area contributed by atoms with Crippen LogP contribution in [0, 0.1) is 6.92 Å².